The van der Waals surface area contributed by atoms with E-state index in [1.165, 1.54) is 0 Å². The lowest BCUT2D eigenvalue weighted by Gasteiger charge is -2.39. The molecular weight excluding hydrogens is 186 g/mol. The van der Waals surface area contributed by atoms with Crippen LogP contribution in [0.15, 0.2) is 0 Å². The van der Waals surface area contributed by atoms with Gasteiger partial charge in [-0.3, -0.25) is 4.79 Å². The molecular formula is C8H15N3O3. The highest BCUT2D eigenvalue weighted by atomic mass is 16.5. The van der Waals surface area contributed by atoms with E-state index in [1.54, 1.807) is 4.90 Å². The van der Waals surface area contributed by atoms with Gasteiger partial charge in [-0.25, -0.2) is 4.79 Å². The number of nitrogens with zero attached hydrogens (tertiary/aromatic N) is 1. The predicted octanol–water partition coefficient (Wildman–Crippen LogP) is -0.969. The molecule has 0 bridgehead atoms. The number of carbonyl (C=O) groups is 2. The largest absolute Gasteiger partial charge is 0.379 e. The summed E-state index contributed by atoms with van der Waals surface area (Å²) in [5.41, 5.74) is 10.0. The molecule has 6 nitrogen and oxygen atoms in total. The molecule has 1 aliphatic heterocycles. The third kappa shape index (κ3) is 2.88. The minimum atomic E-state index is -0.417. The van der Waals surface area contributed by atoms with Crippen LogP contribution in [0.1, 0.15) is 12.8 Å². The standard InChI is InChI=1S/C8H15N3O3/c9-7(12)2-4-14-5-6-1-3-11(6)8(10)13/h6H,1-5H2,(H2,9,12)(H2,10,13). The van der Waals surface area contributed by atoms with Gasteiger partial charge in [-0.05, 0) is 6.42 Å². The van der Waals surface area contributed by atoms with E-state index in [4.69, 9.17) is 16.2 Å². The third-order valence-corrected chi connectivity index (χ3v) is 2.23. The lowest BCUT2D eigenvalue weighted by atomic mass is 10.1. The van der Waals surface area contributed by atoms with Gasteiger partial charge < -0.3 is 21.1 Å². The Morgan fingerprint density at radius 3 is 2.57 bits per heavy atom. The van der Waals surface area contributed by atoms with Crippen LogP contribution in [0.3, 0.4) is 0 Å². The van der Waals surface area contributed by atoms with Gasteiger partial charge >= 0.3 is 6.03 Å². The topological polar surface area (TPSA) is 98.7 Å². The lowest BCUT2D eigenvalue weighted by Crippen LogP contribution is -2.55. The average molecular weight is 201 g/mol. The summed E-state index contributed by atoms with van der Waals surface area (Å²) in [6.45, 7) is 1.42. The summed E-state index contributed by atoms with van der Waals surface area (Å²) in [6, 6.07) is -0.347. The normalized spacial score (nSPS) is 20.3. The minimum Gasteiger partial charge on any atom is -0.379 e. The van der Waals surface area contributed by atoms with E-state index < -0.39 is 6.03 Å². The molecule has 14 heavy (non-hydrogen) atoms. The van der Waals surface area contributed by atoms with E-state index in [2.05, 4.69) is 0 Å². The zero-order chi connectivity index (χ0) is 10.6. The van der Waals surface area contributed by atoms with Gasteiger partial charge in [-0.1, -0.05) is 0 Å². The summed E-state index contributed by atoms with van der Waals surface area (Å²) in [5.74, 6) is -0.384. The number of urea groups is 1. The molecule has 1 fully saturated rings. The average Bonchev–Trinajstić information content (AvgIpc) is 1.99. The summed E-state index contributed by atoms with van der Waals surface area (Å²) in [4.78, 5) is 22.7. The van der Waals surface area contributed by atoms with E-state index in [0.29, 0.717) is 19.8 Å². The summed E-state index contributed by atoms with van der Waals surface area (Å²) in [7, 11) is 0. The summed E-state index contributed by atoms with van der Waals surface area (Å²) >= 11 is 0. The minimum absolute atomic E-state index is 0.0698. The molecule has 1 rings (SSSR count). The van der Waals surface area contributed by atoms with Gasteiger partial charge in [0, 0.05) is 13.0 Å². The van der Waals surface area contributed by atoms with Crippen LogP contribution in [0.2, 0.25) is 0 Å². The number of carbonyl (C=O) groups excluding carboxylic acids is 2. The number of amides is 3. The quantitative estimate of drug-likeness (QED) is 0.560. The molecule has 1 heterocycles. The number of primary amides is 2. The van der Waals surface area contributed by atoms with Crippen molar-refractivity contribution in [3.8, 4) is 0 Å². The van der Waals surface area contributed by atoms with Gasteiger partial charge in [0.05, 0.1) is 19.3 Å². The lowest BCUT2D eigenvalue weighted by molar-refractivity contribution is -0.119. The number of hydrogen-bond donors (Lipinski definition) is 2. The van der Waals surface area contributed by atoms with Crippen LogP contribution in [-0.2, 0) is 9.53 Å². The molecule has 0 saturated carbocycles. The highest BCUT2D eigenvalue weighted by Crippen LogP contribution is 2.16. The first-order valence-corrected chi connectivity index (χ1v) is 4.53. The maximum atomic E-state index is 10.8. The molecule has 0 aliphatic carbocycles. The van der Waals surface area contributed by atoms with Crippen molar-refractivity contribution in [2.75, 3.05) is 19.8 Å². The van der Waals surface area contributed by atoms with Crippen LogP contribution in [0, 0.1) is 0 Å². The van der Waals surface area contributed by atoms with Crippen LogP contribution < -0.4 is 11.5 Å². The van der Waals surface area contributed by atoms with E-state index in [9.17, 15) is 9.59 Å². The number of likely N-dealkylation sites (tertiary alicyclic amines) is 1. The fraction of sp³-hybridized carbons (Fsp3) is 0.750. The molecule has 1 aliphatic rings. The van der Waals surface area contributed by atoms with Crippen LogP contribution in [-0.4, -0.2) is 42.6 Å². The Kier molecular flexibility index (Phi) is 3.70. The smallest absolute Gasteiger partial charge is 0.315 e. The van der Waals surface area contributed by atoms with Crippen molar-refractivity contribution in [3.63, 3.8) is 0 Å². The first-order chi connectivity index (χ1) is 6.61. The Morgan fingerprint density at radius 2 is 2.14 bits per heavy atom. The summed E-state index contributed by atoms with van der Waals surface area (Å²) in [6.07, 6.45) is 1.11. The maximum Gasteiger partial charge on any atom is 0.315 e. The zero-order valence-electron chi connectivity index (χ0n) is 7.94. The Hall–Kier alpha value is -1.30. The second-order valence-electron chi connectivity index (χ2n) is 3.27. The van der Waals surface area contributed by atoms with Crippen molar-refractivity contribution in [2.45, 2.75) is 18.9 Å². The molecule has 3 amide bonds. The Balaban J connectivity index is 2.07. The van der Waals surface area contributed by atoms with Crippen molar-refractivity contribution < 1.29 is 14.3 Å². The van der Waals surface area contributed by atoms with Gasteiger partial charge in [0.1, 0.15) is 0 Å². The Bertz CT molecular complexity index is 232. The van der Waals surface area contributed by atoms with Crippen molar-refractivity contribution in [1.82, 2.24) is 4.90 Å². The van der Waals surface area contributed by atoms with Crippen LogP contribution in [0.4, 0.5) is 4.79 Å². The molecule has 1 atom stereocenters. The molecule has 0 spiro atoms. The molecule has 1 saturated heterocycles. The van der Waals surface area contributed by atoms with Gasteiger partial charge in [0.2, 0.25) is 5.91 Å². The molecule has 0 aromatic carbocycles. The molecule has 6 heteroatoms. The SMILES string of the molecule is NC(=O)CCOCC1CCN1C(N)=O. The van der Waals surface area contributed by atoms with Crippen molar-refractivity contribution in [1.29, 1.82) is 0 Å². The van der Waals surface area contributed by atoms with Gasteiger partial charge in [0.25, 0.3) is 0 Å². The highest BCUT2D eigenvalue weighted by Gasteiger charge is 2.30. The maximum absolute atomic E-state index is 10.8. The van der Waals surface area contributed by atoms with Crippen molar-refractivity contribution in [3.05, 3.63) is 0 Å². The Morgan fingerprint density at radius 1 is 1.43 bits per heavy atom. The Labute approximate surface area is 82.2 Å². The monoisotopic (exact) mass is 201 g/mol. The van der Waals surface area contributed by atoms with Crippen LogP contribution >= 0.6 is 0 Å². The van der Waals surface area contributed by atoms with Gasteiger partial charge in [0.15, 0.2) is 0 Å². The number of hydrogen-bond acceptors (Lipinski definition) is 3. The fourth-order valence-corrected chi connectivity index (χ4v) is 1.30. The number of ether oxygens (including phenoxy) is 1. The molecule has 0 aromatic heterocycles. The molecule has 0 radical (unpaired) electrons. The number of rotatable bonds is 5. The fourth-order valence-electron chi connectivity index (χ4n) is 1.30. The van der Waals surface area contributed by atoms with E-state index in [0.717, 1.165) is 6.42 Å². The summed E-state index contributed by atoms with van der Waals surface area (Å²) in [5, 5.41) is 0. The van der Waals surface area contributed by atoms with Gasteiger partial charge in [-0.2, -0.15) is 0 Å². The first-order valence-electron chi connectivity index (χ1n) is 4.53. The third-order valence-electron chi connectivity index (χ3n) is 2.23. The van der Waals surface area contributed by atoms with Gasteiger partial charge in [-0.15, -0.1) is 0 Å². The van der Waals surface area contributed by atoms with E-state index >= 15 is 0 Å². The second-order valence-corrected chi connectivity index (χ2v) is 3.27. The van der Waals surface area contributed by atoms with E-state index in [1.807, 2.05) is 0 Å². The van der Waals surface area contributed by atoms with Crippen LogP contribution in [0.25, 0.3) is 0 Å². The molecule has 80 valence electrons. The molecule has 0 aromatic rings. The van der Waals surface area contributed by atoms with E-state index in [-0.39, 0.29) is 18.4 Å². The van der Waals surface area contributed by atoms with Crippen molar-refractivity contribution in [2.24, 2.45) is 11.5 Å². The second kappa shape index (κ2) is 4.80. The van der Waals surface area contributed by atoms with Crippen LogP contribution in [0.5, 0.6) is 0 Å². The highest BCUT2D eigenvalue weighted by molar-refractivity contribution is 5.74. The summed E-state index contributed by atoms with van der Waals surface area (Å²) < 4.78 is 5.18. The molecule has 4 N–H and O–H groups in total. The first kappa shape index (κ1) is 10.8. The zero-order valence-corrected chi connectivity index (χ0v) is 7.94. The van der Waals surface area contributed by atoms with Crippen molar-refractivity contribution >= 4 is 11.9 Å². The number of nitrogens with two attached hydrogens (primary N) is 2. The molecule has 1 unspecified atom stereocenters. The predicted molar refractivity (Wildman–Crippen MR) is 49.3 cm³/mol.